The van der Waals surface area contributed by atoms with Gasteiger partial charge in [-0.1, -0.05) is 11.3 Å². The molecule has 0 aliphatic heterocycles. The Morgan fingerprint density at radius 1 is 1.69 bits per heavy atom. The first-order valence-corrected chi connectivity index (χ1v) is 5.18. The summed E-state index contributed by atoms with van der Waals surface area (Å²) in [5, 5.41) is 0.930. The molecule has 13 heavy (non-hydrogen) atoms. The Kier molecular flexibility index (Phi) is 3.42. The first kappa shape index (κ1) is 10.2. The molecule has 72 valence electrons. The van der Waals surface area contributed by atoms with Crippen LogP contribution in [0.3, 0.4) is 0 Å². The summed E-state index contributed by atoms with van der Waals surface area (Å²) < 4.78 is 0. The van der Waals surface area contributed by atoms with Gasteiger partial charge >= 0.3 is 0 Å². The summed E-state index contributed by atoms with van der Waals surface area (Å²) >= 11 is 1.44. The fourth-order valence-corrected chi connectivity index (χ4v) is 2.11. The third kappa shape index (κ3) is 2.28. The summed E-state index contributed by atoms with van der Waals surface area (Å²) in [6.45, 7) is 7.24. The number of thiazole rings is 1. The number of anilines is 1. The van der Waals surface area contributed by atoms with Crippen molar-refractivity contribution in [1.82, 2.24) is 4.98 Å². The van der Waals surface area contributed by atoms with Gasteiger partial charge in [0, 0.05) is 12.6 Å². The zero-order chi connectivity index (χ0) is 9.84. The molecule has 0 atom stereocenters. The first-order chi connectivity index (χ1) is 6.19. The third-order valence-corrected chi connectivity index (χ3v) is 2.80. The summed E-state index contributed by atoms with van der Waals surface area (Å²) in [6, 6.07) is 0.427. The lowest BCUT2D eigenvalue weighted by Crippen LogP contribution is -2.29. The van der Waals surface area contributed by atoms with Crippen LogP contribution in [0.4, 0.5) is 5.13 Å². The van der Waals surface area contributed by atoms with Gasteiger partial charge in [-0.3, -0.25) is 4.79 Å². The lowest BCUT2D eigenvalue weighted by atomic mass is 10.3. The molecule has 0 saturated heterocycles. The molecule has 1 heterocycles. The number of nitrogens with zero attached hydrogens (tertiary/aromatic N) is 2. The lowest BCUT2D eigenvalue weighted by Gasteiger charge is -2.23. The van der Waals surface area contributed by atoms with E-state index < -0.39 is 0 Å². The van der Waals surface area contributed by atoms with Gasteiger partial charge in [-0.25, -0.2) is 4.98 Å². The number of carbonyl (C=O) groups is 1. The molecule has 3 nitrogen and oxygen atoms in total. The third-order valence-electron chi connectivity index (χ3n) is 1.84. The molecule has 0 N–H and O–H groups in total. The van der Waals surface area contributed by atoms with Gasteiger partial charge in [0.15, 0.2) is 11.4 Å². The monoisotopic (exact) mass is 198 g/mol. The van der Waals surface area contributed by atoms with Gasteiger partial charge in [-0.05, 0) is 20.8 Å². The van der Waals surface area contributed by atoms with Crippen molar-refractivity contribution in [1.29, 1.82) is 0 Å². The van der Waals surface area contributed by atoms with Crippen LogP contribution < -0.4 is 4.90 Å². The van der Waals surface area contributed by atoms with Crippen molar-refractivity contribution >= 4 is 22.8 Å². The van der Waals surface area contributed by atoms with Crippen molar-refractivity contribution in [2.75, 3.05) is 11.4 Å². The Hall–Kier alpha value is -0.900. The first-order valence-electron chi connectivity index (χ1n) is 4.36. The smallest absolute Gasteiger partial charge is 0.186 e. The molecule has 1 aromatic rings. The van der Waals surface area contributed by atoms with Gasteiger partial charge in [-0.15, -0.1) is 0 Å². The number of rotatable bonds is 4. The second-order valence-electron chi connectivity index (χ2n) is 3.04. The van der Waals surface area contributed by atoms with Crippen molar-refractivity contribution in [3.05, 3.63) is 11.1 Å². The molecule has 4 heteroatoms. The van der Waals surface area contributed by atoms with Gasteiger partial charge in [0.2, 0.25) is 0 Å². The van der Waals surface area contributed by atoms with E-state index in [1.165, 1.54) is 11.3 Å². The number of hydrogen-bond acceptors (Lipinski definition) is 4. The van der Waals surface area contributed by atoms with Gasteiger partial charge in [0.1, 0.15) is 0 Å². The molecule has 0 aliphatic carbocycles. The van der Waals surface area contributed by atoms with Crippen LogP contribution in [0.2, 0.25) is 0 Å². The van der Waals surface area contributed by atoms with E-state index in [-0.39, 0.29) is 0 Å². The second-order valence-corrected chi connectivity index (χ2v) is 4.08. The van der Waals surface area contributed by atoms with Crippen molar-refractivity contribution < 1.29 is 4.79 Å². The molecular formula is C9H14N2OS. The molecule has 0 aromatic carbocycles. The highest BCUT2D eigenvalue weighted by Gasteiger charge is 2.11. The van der Waals surface area contributed by atoms with E-state index in [2.05, 4.69) is 30.7 Å². The van der Waals surface area contributed by atoms with Gasteiger partial charge in [0.05, 0.1) is 11.1 Å². The van der Waals surface area contributed by atoms with E-state index in [9.17, 15) is 4.79 Å². The Bertz CT molecular complexity index is 283. The van der Waals surface area contributed by atoms with Crippen molar-refractivity contribution in [3.8, 4) is 0 Å². The molecule has 0 radical (unpaired) electrons. The van der Waals surface area contributed by atoms with Gasteiger partial charge in [0.25, 0.3) is 0 Å². The summed E-state index contributed by atoms with van der Waals surface area (Å²) in [4.78, 5) is 17.5. The predicted octanol–water partition coefficient (Wildman–Crippen LogP) is 2.19. The highest BCUT2D eigenvalue weighted by atomic mass is 32.1. The normalized spacial score (nSPS) is 10.5. The zero-order valence-corrected chi connectivity index (χ0v) is 8.97. The highest BCUT2D eigenvalue weighted by molar-refractivity contribution is 7.17. The summed E-state index contributed by atoms with van der Waals surface area (Å²) in [6.07, 6.45) is 2.47. The minimum atomic E-state index is 0.427. The number of aldehydes is 1. The van der Waals surface area contributed by atoms with Crippen LogP contribution in [0.5, 0.6) is 0 Å². The molecule has 1 rings (SSSR count). The highest BCUT2D eigenvalue weighted by Crippen LogP contribution is 2.22. The van der Waals surface area contributed by atoms with Crippen molar-refractivity contribution in [2.24, 2.45) is 0 Å². The summed E-state index contributed by atoms with van der Waals surface area (Å²) in [7, 11) is 0. The van der Waals surface area contributed by atoms with E-state index in [1.54, 1.807) is 6.20 Å². The van der Waals surface area contributed by atoms with Crippen LogP contribution in [0.15, 0.2) is 6.20 Å². The van der Waals surface area contributed by atoms with Crippen LogP contribution in [0.1, 0.15) is 30.4 Å². The molecule has 0 aliphatic rings. The van der Waals surface area contributed by atoms with Crippen molar-refractivity contribution in [3.63, 3.8) is 0 Å². The minimum absolute atomic E-state index is 0.427. The van der Waals surface area contributed by atoms with Crippen molar-refractivity contribution in [2.45, 2.75) is 26.8 Å². The van der Waals surface area contributed by atoms with E-state index in [0.29, 0.717) is 10.9 Å². The quantitative estimate of drug-likeness (QED) is 0.695. The predicted molar refractivity (Wildman–Crippen MR) is 55.7 cm³/mol. The number of carbonyl (C=O) groups excluding carboxylic acids is 1. The molecule has 0 saturated carbocycles. The van der Waals surface area contributed by atoms with Crippen LogP contribution >= 0.6 is 11.3 Å². The minimum Gasteiger partial charge on any atom is -0.346 e. The standard InChI is InChI=1S/C9H14N2OS/c1-4-11(7(2)3)9-10-5-8(6-12)13-9/h5-7H,4H2,1-3H3. The Balaban J connectivity index is 2.85. The lowest BCUT2D eigenvalue weighted by molar-refractivity contribution is 0.112. The topological polar surface area (TPSA) is 33.2 Å². The fourth-order valence-electron chi connectivity index (χ4n) is 1.19. The Labute approximate surface area is 82.4 Å². The zero-order valence-electron chi connectivity index (χ0n) is 8.15. The van der Waals surface area contributed by atoms with Gasteiger partial charge in [-0.2, -0.15) is 0 Å². The van der Waals surface area contributed by atoms with Crippen LogP contribution in [-0.2, 0) is 0 Å². The maximum absolute atomic E-state index is 10.5. The molecule has 0 bridgehead atoms. The van der Waals surface area contributed by atoms with E-state index in [1.807, 2.05) is 0 Å². The second kappa shape index (κ2) is 4.37. The summed E-state index contributed by atoms with van der Waals surface area (Å²) in [5.74, 6) is 0. The Morgan fingerprint density at radius 2 is 2.38 bits per heavy atom. The average molecular weight is 198 g/mol. The molecule has 0 unspecified atom stereocenters. The number of hydrogen-bond donors (Lipinski definition) is 0. The Morgan fingerprint density at radius 3 is 2.77 bits per heavy atom. The maximum Gasteiger partial charge on any atom is 0.186 e. The molecule has 0 fully saturated rings. The van der Waals surface area contributed by atoms with E-state index in [0.717, 1.165) is 18.0 Å². The number of aromatic nitrogens is 1. The maximum atomic E-state index is 10.5. The van der Waals surface area contributed by atoms with Crippen LogP contribution in [0, 0.1) is 0 Å². The molecule has 0 amide bonds. The fraction of sp³-hybridized carbons (Fsp3) is 0.556. The van der Waals surface area contributed by atoms with Crippen LogP contribution in [0.25, 0.3) is 0 Å². The molecule has 1 aromatic heterocycles. The largest absolute Gasteiger partial charge is 0.346 e. The SMILES string of the molecule is CCN(c1ncc(C=O)s1)C(C)C. The molecular weight excluding hydrogens is 184 g/mol. The van der Waals surface area contributed by atoms with Gasteiger partial charge < -0.3 is 4.90 Å². The summed E-state index contributed by atoms with van der Waals surface area (Å²) in [5.41, 5.74) is 0. The van der Waals surface area contributed by atoms with E-state index in [4.69, 9.17) is 0 Å². The van der Waals surface area contributed by atoms with Crippen LogP contribution in [-0.4, -0.2) is 23.9 Å². The molecule has 0 spiro atoms. The average Bonchev–Trinajstić information content (AvgIpc) is 2.53. The van der Waals surface area contributed by atoms with E-state index >= 15 is 0 Å².